The van der Waals surface area contributed by atoms with Gasteiger partial charge in [-0.15, -0.1) is 0 Å². The Kier molecular flexibility index (Phi) is 8.36. The van der Waals surface area contributed by atoms with Crippen LogP contribution in [0, 0.1) is 5.92 Å². The molecule has 2 rings (SSSR count). The molecule has 0 bridgehead atoms. The lowest BCUT2D eigenvalue weighted by atomic mass is 9.93. The molecule has 0 aliphatic carbocycles. The number of benzene rings is 2. The molecule has 0 saturated carbocycles. The maximum atomic E-state index is 12.3. The van der Waals surface area contributed by atoms with Crippen molar-refractivity contribution in [3.05, 3.63) is 65.7 Å². The van der Waals surface area contributed by atoms with Gasteiger partial charge in [0.05, 0.1) is 19.4 Å². The summed E-state index contributed by atoms with van der Waals surface area (Å²) < 4.78 is 15.2. The van der Waals surface area contributed by atoms with Gasteiger partial charge < -0.3 is 19.3 Å². The van der Waals surface area contributed by atoms with Gasteiger partial charge in [0.2, 0.25) is 0 Å². The first-order chi connectivity index (χ1) is 14.0. The van der Waals surface area contributed by atoms with Crippen LogP contribution in [-0.4, -0.2) is 42.7 Å². The van der Waals surface area contributed by atoms with Crippen LogP contribution in [0.5, 0.6) is 5.75 Å². The van der Waals surface area contributed by atoms with Crippen LogP contribution >= 0.6 is 0 Å². The van der Waals surface area contributed by atoms with Gasteiger partial charge in [-0.1, -0.05) is 37.3 Å². The summed E-state index contributed by atoms with van der Waals surface area (Å²) in [6.45, 7) is 3.44. The van der Waals surface area contributed by atoms with E-state index in [0.29, 0.717) is 11.3 Å². The van der Waals surface area contributed by atoms with E-state index in [1.807, 2.05) is 30.3 Å². The SMILES string of the molecule is CCOC(=O)[C@@H](O)[C@@H](C)/C(=N/C(=O)OCc1ccccc1)c1ccc(OC)cc1. The summed E-state index contributed by atoms with van der Waals surface area (Å²) in [6.07, 6.45) is -2.29. The Hall–Kier alpha value is -3.19. The standard InChI is InChI=1S/C22H25NO6/c1-4-28-21(25)20(24)15(2)19(17-10-12-18(27-3)13-11-17)23-22(26)29-14-16-8-6-5-7-9-16/h5-13,15,20,24H,4,14H2,1-3H3/b23-19-/t15-,20-/m0/s1. The minimum Gasteiger partial charge on any atom is -0.497 e. The number of amides is 1. The van der Waals surface area contributed by atoms with Gasteiger partial charge in [-0.05, 0) is 42.3 Å². The van der Waals surface area contributed by atoms with E-state index >= 15 is 0 Å². The van der Waals surface area contributed by atoms with Crippen molar-refractivity contribution in [1.82, 2.24) is 0 Å². The van der Waals surface area contributed by atoms with E-state index in [4.69, 9.17) is 14.2 Å². The summed E-state index contributed by atoms with van der Waals surface area (Å²) in [5.41, 5.74) is 1.59. The predicted molar refractivity (Wildman–Crippen MR) is 108 cm³/mol. The molecule has 1 N–H and O–H groups in total. The van der Waals surface area contributed by atoms with Crippen LogP contribution in [0.1, 0.15) is 25.0 Å². The number of carbonyl (C=O) groups excluding carboxylic acids is 2. The highest BCUT2D eigenvalue weighted by Crippen LogP contribution is 2.19. The van der Waals surface area contributed by atoms with Crippen LogP contribution in [-0.2, 0) is 20.9 Å². The lowest BCUT2D eigenvalue weighted by molar-refractivity contribution is -0.154. The molecule has 0 radical (unpaired) electrons. The van der Waals surface area contributed by atoms with Gasteiger partial charge in [0.15, 0.2) is 6.10 Å². The lowest BCUT2D eigenvalue weighted by Crippen LogP contribution is -2.35. The van der Waals surface area contributed by atoms with Crippen molar-refractivity contribution in [2.45, 2.75) is 26.6 Å². The number of hydrogen-bond donors (Lipinski definition) is 1. The largest absolute Gasteiger partial charge is 0.497 e. The molecule has 29 heavy (non-hydrogen) atoms. The number of aliphatic imine (C=N–C) groups is 1. The topological polar surface area (TPSA) is 94.4 Å². The minimum absolute atomic E-state index is 0.0634. The minimum atomic E-state index is -1.47. The molecular formula is C22H25NO6. The maximum Gasteiger partial charge on any atom is 0.434 e. The fourth-order valence-electron chi connectivity index (χ4n) is 2.62. The molecule has 0 heterocycles. The van der Waals surface area contributed by atoms with Crippen LogP contribution in [0.2, 0.25) is 0 Å². The van der Waals surface area contributed by atoms with E-state index in [2.05, 4.69) is 4.99 Å². The normalized spacial score (nSPS) is 13.3. The van der Waals surface area contributed by atoms with E-state index < -0.39 is 24.1 Å². The average molecular weight is 399 g/mol. The zero-order chi connectivity index (χ0) is 21.2. The maximum absolute atomic E-state index is 12.3. The number of esters is 1. The molecule has 0 fully saturated rings. The molecule has 154 valence electrons. The van der Waals surface area contributed by atoms with Gasteiger partial charge in [-0.3, -0.25) is 0 Å². The molecule has 1 amide bonds. The highest BCUT2D eigenvalue weighted by atomic mass is 16.6. The van der Waals surface area contributed by atoms with Crippen LogP contribution in [0.3, 0.4) is 0 Å². The Labute approximate surface area is 169 Å². The van der Waals surface area contributed by atoms with Crippen molar-refractivity contribution < 1.29 is 28.9 Å². The fourth-order valence-corrected chi connectivity index (χ4v) is 2.62. The number of ether oxygens (including phenoxy) is 3. The summed E-state index contributed by atoms with van der Waals surface area (Å²) in [7, 11) is 1.54. The molecular weight excluding hydrogens is 374 g/mol. The van der Waals surface area contributed by atoms with Gasteiger partial charge in [0, 0.05) is 5.92 Å². The Morgan fingerprint density at radius 2 is 1.69 bits per heavy atom. The van der Waals surface area contributed by atoms with Crippen molar-refractivity contribution >= 4 is 17.8 Å². The van der Waals surface area contributed by atoms with Crippen LogP contribution in [0.25, 0.3) is 0 Å². The van der Waals surface area contributed by atoms with E-state index in [0.717, 1.165) is 5.56 Å². The van der Waals surface area contributed by atoms with Crippen molar-refractivity contribution in [2.75, 3.05) is 13.7 Å². The van der Waals surface area contributed by atoms with Crippen LogP contribution in [0.15, 0.2) is 59.6 Å². The Bertz CT molecular complexity index is 832. The molecule has 2 aromatic carbocycles. The number of carbonyl (C=O) groups is 2. The number of rotatable bonds is 8. The van der Waals surface area contributed by atoms with Crippen molar-refractivity contribution in [2.24, 2.45) is 10.9 Å². The summed E-state index contributed by atoms with van der Waals surface area (Å²) in [5, 5.41) is 10.3. The van der Waals surface area contributed by atoms with E-state index in [1.54, 1.807) is 38.1 Å². The van der Waals surface area contributed by atoms with E-state index in [-0.39, 0.29) is 18.9 Å². The molecule has 2 atom stereocenters. The first-order valence-electron chi connectivity index (χ1n) is 9.24. The molecule has 0 unspecified atom stereocenters. The van der Waals surface area contributed by atoms with Crippen molar-refractivity contribution in [3.63, 3.8) is 0 Å². The Morgan fingerprint density at radius 3 is 2.28 bits per heavy atom. The molecule has 0 aliphatic heterocycles. The third-order valence-corrected chi connectivity index (χ3v) is 4.24. The summed E-state index contributed by atoms with van der Waals surface area (Å²) >= 11 is 0. The number of hydrogen-bond acceptors (Lipinski definition) is 6. The smallest absolute Gasteiger partial charge is 0.434 e. The monoisotopic (exact) mass is 399 g/mol. The molecule has 0 aliphatic rings. The number of aliphatic hydroxyl groups excluding tert-OH is 1. The third-order valence-electron chi connectivity index (χ3n) is 4.24. The zero-order valence-corrected chi connectivity index (χ0v) is 16.7. The second-order valence-corrected chi connectivity index (χ2v) is 6.25. The number of nitrogens with zero attached hydrogens (tertiary/aromatic N) is 1. The van der Waals surface area contributed by atoms with E-state index in [1.165, 1.54) is 7.11 Å². The first-order valence-corrected chi connectivity index (χ1v) is 9.24. The van der Waals surface area contributed by atoms with Gasteiger partial charge >= 0.3 is 12.1 Å². The highest BCUT2D eigenvalue weighted by molar-refractivity contribution is 6.08. The molecule has 0 spiro atoms. The van der Waals surface area contributed by atoms with Crippen molar-refractivity contribution in [1.29, 1.82) is 0 Å². The molecule has 7 heteroatoms. The van der Waals surface area contributed by atoms with Crippen molar-refractivity contribution in [3.8, 4) is 5.75 Å². The zero-order valence-electron chi connectivity index (χ0n) is 16.7. The summed E-state index contributed by atoms with van der Waals surface area (Å²) in [6, 6.07) is 16.0. The van der Waals surface area contributed by atoms with E-state index in [9.17, 15) is 14.7 Å². The number of methoxy groups -OCH3 is 1. The third kappa shape index (κ3) is 6.43. The van der Waals surface area contributed by atoms with Crippen LogP contribution in [0.4, 0.5) is 4.79 Å². The van der Waals surface area contributed by atoms with Gasteiger partial charge in [-0.25, -0.2) is 9.59 Å². The Morgan fingerprint density at radius 1 is 1.03 bits per heavy atom. The van der Waals surface area contributed by atoms with Gasteiger partial charge in [-0.2, -0.15) is 4.99 Å². The highest BCUT2D eigenvalue weighted by Gasteiger charge is 2.29. The molecule has 0 saturated heterocycles. The van der Waals surface area contributed by atoms with Gasteiger partial charge in [0.1, 0.15) is 12.4 Å². The van der Waals surface area contributed by atoms with Crippen LogP contribution < -0.4 is 4.74 Å². The average Bonchev–Trinajstić information content (AvgIpc) is 2.76. The quantitative estimate of drug-likeness (QED) is 0.540. The second kappa shape index (κ2) is 11.0. The summed E-state index contributed by atoms with van der Waals surface area (Å²) in [5.74, 6) is -0.955. The predicted octanol–water partition coefficient (Wildman–Crippen LogP) is 3.38. The fraction of sp³-hybridized carbons (Fsp3) is 0.318. The second-order valence-electron chi connectivity index (χ2n) is 6.25. The Balaban J connectivity index is 2.25. The molecule has 2 aromatic rings. The molecule has 7 nitrogen and oxygen atoms in total. The summed E-state index contributed by atoms with van der Waals surface area (Å²) in [4.78, 5) is 28.3. The molecule has 0 aromatic heterocycles. The number of aliphatic hydroxyl groups is 1. The first kappa shape index (κ1) is 22.1. The lowest BCUT2D eigenvalue weighted by Gasteiger charge is -2.20. The van der Waals surface area contributed by atoms with Gasteiger partial charge in [0.25, 0.3) is 0 Å².